The number of aromatic nitrogens is 3. The van der Waals surface area contributed by atoms with Gasteiger partial charge in [0, 0.05) is 49.3 Å². The molecule has 198 valence electrons. The standard InChI is InChI=1S/C30H30FN7O/c1-37-20-24(19-35-37)23-5-11-27(12-6-23)38(30(39)34-17-21-2-7-25(31)8-3-21)28-13-9-26(10-14-28)36-29-15-4-22(16-32)18-33-29/h2-8,11-12,15,18-20,26,28H,9-10,13-14,17H2,1H3,(H,33,36)(H,34,39)/t26-,28-. The van der Waals surface area contributed by atoms with E-state index in [0.717, 1.165) is 53.9 Å². The van der Waals surface area contributed by atoms with Crippen LogP contribution in [-0.4, -0.2) is 32.9 Å². The van der Waals surface area contributed by atoms with Crippen molar-refractivity contribution in [3.05, 3.63) is 96.2 Å². The van der Waals surface area contributed by atoms with Crippen LogP contribution in [0, 0.1) is 17.1 Å². The van der Waals surface area contributed by atoms with Crippen LogP contribution >= 0.6 is 0 Å². The van der Waals surface area contributed by atoms with Crippen molar-refractivity contribution in [2.75, 3.05) is 10.2 Å². The summed E-state index contributed by atoms with van der Waals surface area (Å²) in [4.78, 5) is 19.7. The van der Waals surface area contributed by atoms with Crippen molar-refractivity contribution in [3.63, 3.8) is 0 Å². The van der Waals surface area contributed by atoms with E-state index in [0.29, 0.717) is 12.1 Å². The molecule has 1 aliphatic rings. The fourth-order valence-corrected chi connectivity index (χ4v) is 4.98. The van der Waals surface area contributed by atoms with E-state index in [2.05, 4.69) is 26.8 Å². The van der Waals surface area contributed by atoms with Crippen molar-refractivity contribution >= 4 is 17.5 Å². The second-order valence-electron chi connectivity index (χ2n) is 9.80. The van der Waals surface area contributed by atoms with Gasteiger partial charge in [0.05, 0.1) is 11.8 Å². The highest BCUT2D eigenvalue weighted by Gasteiger charge is 2.30. The molecule has 0 atom stereocenters. The largest absolute Gasteiger partial charge is 0.367 e. The zero-order chi connectivity index (χ0) is 27.2. The van der Waals surface area contributed by atoms with Crippen molar-refractivity contribution in [2.24, 2.45) is 7.05 Å². The van der Waals surface area contributed by atoms with Crippen molar-refractivity contribution in [1.82, 2.24) is 20.1 Å². The number of nitriles is 1. The zero-order valence-corrected chi connectivity index (χ0v) is 21.7. The SMILES string of the molecule is Cn1cc(-c2ccc(N(C(=O)NCc3ccc(F)cc3)[C@H]3CC[C@H](Nc4ccc(C#N)cn4)CC3)cc2)cn1. The maximum absolute atomic E-state index is 13.5. The van der Waals surface area contributed by atoms with Gasteiger partial charge in [-0.15, -0.1) is 0 Å². The van der Waals surface area contributed by atoms with Gasteiger partial charge in [-0.25, -0.2) is 14.2 Å². The van der Waals surface area contributed by atoms with Gasteiger partial charge in [0.2, 0.25) is 0 Å². The smallest absolute Gasteiger partial charge is 0.322 e. The second kappa shape index (κ2) is 11.8. The van der Waals surface area contributed by atoms with Gasteiger partial charge in [-0.05, 0) is 73.2 Å². The number of nitrogens with zero attached hydrogens (tertiary/aromatic N) is 5. The summed E-state index contributed by atoms with van der Waals surface area (Å²) in [5.41, 5.74) is 4.23. The van der Waals surface area contributed by atoms with E-state index in [9.17, 15) is 9.18 Å². The van der Waals surface area contributed by atoms with Crippen molar-refractivity contribution in [3.8, 4) is 17.2 Å². The maximum Gasteiger partial charge on any atom is 0.322 e. The normalized spacial score (nSPS) is 16.7. The molecule has 8 nitrogen and oxygen atoms in total. The number of benzene rings is 2. The van der Waals surface area contributed by atoms with E-state index in [1.165, 1.54) is 12.1 Å². The fourth-order valence-electron chi connectivity index (χ4n) is 4.98. The number of halogens is 1. The highest BCUT2D eigenvalue weighted by molar-refractivity contribution is 5.93. The van der Waals surface area contributed by atoms with E-state index < -0.39 is 0 Å². The number of carbonyl (C=O) groups excluding carboxylic acids is 1. The molecular weight excluding hydrogens is 493 g/mol. The van der Waals surface area contributed by atoms with E-state index in [4.69, 9.17) is 5.26 Å². The Morgan fingerprint density at radius 1 is 1.03 bits per heavy atom. The highest BCUT2D eigenvalue weighted by atomic mass is 19.1. The molecule has 1 fully saturated rings. The number of hydrogen-bond acceptors (Lipinski definition) is 5. The minimum Gasteiger partial charge on any atom is -0.367 e. The Balaban J connectivity index is 1.29. The Morgan fingerprint density at radius 3 is 2.38 bits per heavy atom. The minimum atomic E-state index is -0.304. The molecule has 2 amide bonds. The van der Waals surface area contributed by atoms with Crippen LogP contribution in [0.1, 0.15) is 36.8 Å². The van der Waals surface area contributed by atoms with E-state index in [1.807, 2.05) is 54.7 Å². The number of amides is 2. The maximum atomic E-state index is 13.5. The number of pyridine rings is 1. The van der Waals surface area contributed by atoms with Gasteiger partial charge in [0.25, 0.3) is 0 Å². The van der Waals surface area contributed by atoms with Crippen LogP contribution in [0.5, 0.6) is 0 Å². The van der Waals surface area contributed by atoms with Gasteiger partial charge in [0.1, 0.15) is 17.7 Å². The van der Waals surface area contributed by atoms with Crippen LogP contribution in [0.4, 0.5) is 20.7 Å². The first-order valence-corrected chi connectivity index (χ1v) is 13.0. The predicted molar refractivity (Wildman–Crippen MR) is 148 cm³/mol. The lowest BCUT2D eigenvalue weighted by atomic mass is 9.89. The number of rotatable bonds is 7. The number of anilines is 2. The first-order chi connectivity index (χ1) is 19.0. The average molecular weight is 524 g/mol. The molecule has 0 spiro atoms. The molecule has 0 aliphatic heterocycles. The Bertz CT molecular complexity index is 1430. The van der Waals surface area contributed by atoms with Gasteiger partial charge in [-0.1, -0.05) is 24.3 Å². The monoisotopic (exact) mass is 523 g/mol. The van der Waals surface area contributed by atoms with Gasteiger partial charge in [-0.2, -0.15) is 10.4 Å². The molecular formula is C30H30FN7O. The van der Waals surface area contributed by atoms with E-state index >= 15 is 0 Å². The quantitative estimate of drug-likeness (QED) is 0.327. The summed E-state index contributed by atoms with van der Waals surface area (Å²) >= 11 is 0. The topological polar surface area (TPSA) is 98.9 Å². The Morgan fingerprint density at radius 2 is 1.77 bits per heavy atom. The molecule has 4 aromatic rings. The van der Waals surface area contributed by atoms with Crippen LogP contribution in [-0.2, 0) is 13.6 Å². The lowest BCUT2D eigenvalue weighted by Gasteiger charge is -2.37. The molecule has 39 heavy (non-hydrogen) atoms. The number of hydrogen-bond donors (Lipinski definition) is 2. The Kier molecular flexibility index (Phi) is 7.83. The molecule has 1 saturated carbocycles. The zero-order valence-electron chi connectivity index (χ0n) is 21.7. The highest BCUT2D eigenvalue weighted by Crippen LogP contribution is 2.31. The third-order valence-corrected chi connectivity index (χ3v) is 7.07. The van der Waals surface area contributed by atoms with Gasteiger partial charge >= 0.3 is 6.03 Å². The number of nitrogens with one attached hydrogen (secondary N) is 2. The minimum absolute atomic E-state index is 0.0226. The molecule has 2 aromatic heterocycles. The van der Waals surface area contributed by atoms with Crippen molar-refractivity contribution < 1.29 is 9.18 Å². The first-order valence-electron chi connectivity index (χ1n) is 13.0. The number of urea groups is 1. The van der Waals surface area contributed by atoms with Crippen LogP contribution in [0.15, 0.2) is 79.3 Å². The fraction of sp³-hybridized carbons (Fsp3) is 0.267. The summed E-state index contributed by atoms with van der Waals surface area (Å²) in [5.74, 6) is 0.444. The molecule has 0 bridgehead atoms. The molecule has 1 aliphatic carbocycles. The lowest BCUT2D eigenvalue weighted by Crippen LogP contribution is -2.48. The van der Waals surface area contributed by atoms with Crippen LogP contribution < -0.4 is 15.5 Å². The average Bonchev–Trinajstić information content (AvgIpc) is 3.41. The van der Waals surface area contributed by atoms with Gasteiger partial charge in [-0.3, -0.25) is 9.58 Å². The van der Waals surface area contributed by atoms with Crippen LogP contribution in [0.25, 0.3) is 11.1 Å². The third kappa shape index (κ3) is 6.41. The predicted octanol–water partition coefficient (Wildman–Crippen LogP) is 5.63. The lowest BCUT2D eigenvalue weighted by molar-refractivity contribution is 0.240. The van der Waals surface area contributed by atoms with Crippen molar-refractivity contribution in [2.45, 2.75) is 44.3 Å². The van der Waals surface area contributed by atoms with Gasteiger partial charge < -0.3 is 10.6 Å². The molecule has 0 radical (unpaired) electrons. The molecule has 0 saturated heterocycles. The summed E-state index contributed by atoms with van der Waals surface area (Å²) in [5, 5.41) is 19.7. The number of aryl methyl sites for hydroxylation is 1. The van der Waals surface area contributed by atoms with E-state index in [1.54, 1.807) is 29.1 Å². The molecule has 0 unspecified atom stereocenters. The Labute approximate surface area is 227 Å². The third-order valence-electron chi connectivity index (χ3n) is 7.07. The summed E-state index contributed by atoms with van der Waals surface area (Å²) < 4.78 is 15.1. The molecule has 2 heterocycles. The summed E-state index contributed by atoms with van der Waals surface area (Å²) in [7, 11) is 1.88. The molecule has 2 aromatic carbocycles. The molecule has 2 N–H and O–H groups in total. The number of carbonyl (C=O) groups is 1. The summed E-state index contributed by atoms with van der Waals surface area (Å²) in [6.07, 6.45) is 8.74. The van der Waals surface area contributed by atoms with Gasteiger partial charge in [0.15, 0.2) is 0 Å². The van der Waals surface area contributed by atoms with E-state index in [-0.39, 0.29) is 23.9 Å². The molecule has 5 rings (SSSR count). The van der Waals surface area contributed by atoms with Crippen LogP contribution in [0.2, 0.25) is 0 Å². The Hall–Kier alpha value is -4.71. The summed E-state index contributed by atoms with van der Waals surface area (Å²) in [6, 6.07) is 19.9. The van der Waals surface area contributed by atoms with Crippen LogP contribution in [0.3, 0.4) is 0 Å². The molecule has 9 heteroatoms. The summed E-state index contributed by atoms with van der Waals surface area (Å²) in [6.45, 7) is 0.310. The first kappa shape index (κ1) is 25.9. The van der Waals surface area contributed by atoms with Crippen molar-refractivity contribution in [1.29, 1.82) is 5.26 Å². The second-order valence-corrected chi connectivity index (χ2v) is 9.80.